The van der Waals surface area contributed by atoms with Crippen molar-refractivity contribution in [1.29, 1.82) is 0 Å². The monoisotopic (exact) mass is 430 g/mol. The average molecular weight is 431 g/mol. The number of carbonyl (C=O) groups excluding carboxylic acids is 2. The summed E-state index contributed by atoms with van der Waals surface area (Å²) >= 11 is 2.73. The van der Waals surface area contributed by atoms with E-state index < -0.39 is 0 Å². The highest BCUT2D eigenvalue weighted by atomic mass is 32.2. The van der Waals surface area contributed by atoms with Crippen LogP contribution in [0, 0.1) is 6.92 Å². The van der Waals surface area contributed by atoms with E-state index in [1.165, 1.54) is 23.1 Å². The van der Waals surface area contributed by atoms with Gasteiger partial charge in [-0.05, 0) is 32.9 Å². The van der Waals surface area contributed by atoms with Crippen LogP contribution in [0.4, 0.5) is 5.13 Å². The standard InChI is InChI=1S/C19H22N6O2S2/c1-4-25-16(13(3)21-17(27)14-8-6-5-7-9-14)23-24-19(25)28-11-15(26)22-18-20-10-12(2)29-18/h5-10,13H,4,11H2,1-3H3,(H,21,27)(H,20,22,26)/t13-/m0/s1. The first-order valence-electron chi connectivity index (χ1n) is 9.12. The molecule has 3 aromatic rings. The van der Waals surface area contributed by atoms with E-state index in [4.69, 9.17) is 0 Å². The van der Waals surface area contributed by atoms with Crippen LogP contribution in [0.2, 0.25) is 0 Å². The Hall–Kier alpha value is -2.72. The number of aryl methyl sites for hydroxylation is 1. The fourth-order valence-corrected chi connectivity index (χ4v) is 4.15. The SMILES string of the molecule is CCn1c(SCC(=O)Nc2ncc(C)s2)nnc1[C@H](C)NC(=O)c1ccccc1. The lowest BCUT2D eigenvalue weighted by Gasteiger charge is -2.15. The highest BCUT2D eigenvalue weighted by Gasteiger charge is 2.20. The van der Waals surface area contributed by atoms with Crippen molar-refractivity contribution in [3.8, 4) is 0 Å². The number of anilines is 1. The van der Waals surface area contributed by atoms with Crippen molar-refractivity contribution in [2.24, 2.45) is 0 Å². The predicted octanol–water partition coefficient (Wildman–Crippen LogP) is 3.28. The fraction of sp³-hybridized carbons (Fsp3) is 0.316. The van der Waals surface area contributed by atoms with E-state index in [2.05, 4.69) is 25.8 Å². The molecular weight excluding hydrogens is 408 g/mol. The van der Waals surface area contributed by atoms with Gasteiger partial charge < -0.3 is 15.2 Å². The number of nitrogens with one attached hydrogen (secondary N) is 2. The molecule has 2 N–H and O–H groups in total. The minimum atomic E-state index is -0.323. The molecule has 152 valence electrons. The zero-order valence-electron chi connectivity index (χ0n) is 16.4. The van der Waals surface area contributed by atoms with Crippen molar-refractivity contribution in [1.82, 2.24) is 25.1 Å². The van der Waals surface area contributed by atoms with Crippen LogP contribution in [0.3, 0.4) is 0 Å². The normalized spacial score (nSPS) is 11.8. The second-order valence-corrected chi connectivity index (χ2v) is 8.44. The van der Waals surface area contributed by atoms with Gasteiger partial charge in [0.2, 0.25) is 5.91 Å². The molecule has 0 saturated carbocycles. The molecule has 0 unspecified atom stereocenters. The van der Waals surface area contributed by atoms with Gasteiger partial charge >= 0.3 is 0 Å². The van der Waals surface area contributed by atoms with Gasteiger partial charge in [0.1, 0.15) is 0 Å². The number of benzene rings is 1. The van der Waals surface area contributed by atoms with Crippen molar-refractivity contribution in [3.63, 3.8) is 0 Å². The van der Waals surface area contributed by atoms with Crippen LogP contribution in [0.1, 0.15) is 40.9 Å². The lowest BCUT2D eigenvalue weighted by molar-refractivity contribution is -0.113. The Kier molecular flexibility index (Phi) is 6.99. The van der Waals surface area contributed by atoms with Gasteiger partial charge in [0.15, 0.2) is 16.1 Å². The summed E-state index contributed by atoms with van der Waals surface area (Å²) in [5.74, 6) is 0.523. The summed E-state index contributed by atoms with van der Waals surface area (Å²) in [5.41, 5.74) is 0.589. The molecule has 0 aliphatic heterocycles. The Morgan fingerprint density at radius 3 is 2.66 bits per heavy atom. The van der Waals surface area contributed by atoms with Crippen molar-refractivity contribution in [3.05, 3.63) is 52.8 Å². The summed E-state index contributed by atoms with van der Waals surface area (Å²) in [6.07, 6.45) is 1.72. The van der Waals surface area contributed by atoms with E-state index in [0.717, 1.165) is 4.88 Å². The third-order valence-electron chi connectivity index (χ3n) is 4.03. The molecule has 0 saturated heterocycles. The van der Waals surface area contributed by atoms with Crippen LogP contribution >= 0.6 is 23.1 Å². The topological polar surface area (TPSA) is 102 Å². The van der Waals surface area contributed by atoms with Gasteiger partial charge in [0.05, 0.1) is 11.8 Å². The molecule has 0 aliphatic rings. The van der Waals surface area contributed by atoms with Gasteiger partial charge in [0.25, 0.3) is 5.91 Å². The third kappa shape index (κ3) is 5.42. The largest absolute Gasteiger partial charge is 0.342 e. The van der Waals surface area contributed by atoms with Crippen molar-refractivity contribution in [2.75, 3.05) is 11.1 Å². The maximum atomic E-state index is 12.4. The van der Waals surface area contributed by atoms with Crippen molar-refractivity contribution >= 4 is 40.0 Å². The van der Waals surface area contributed by atoms with Crippen LogP contribution in [-0.4, -0.2) is 37.3 Å². The fourth-order valence-electron chi connectivity index (χ4n) is 2.66. The Morgan fingerprint density at radius 1 is 1.24 bits per heavy atom. The van der Waals surface area contributed by atoms with Crippen LogP contribution in [0.5, 0.6) is 0 Å². The first-order valence-corrected chi connectivity index (χ1v) is 10.9. The predicted molar refractivity (Wildman–Crippen MR) is 114 cm³/mol. The quantitative estimate of drug-likeness (QED) is 0.532. The third-order valence-corrected chi connectivity index (χ3v) is 5.83. The van der Waals surface area contributed by atoms with Gasteiger partial charge in [-0.15, -0.1) is 21.5 Å². The van der Waals surface area contributed by atoms with Gasteiger partial charge in [-0.25, -0.2) is 4.98 Å². The highest BCUT2D eigenvalue weighted by molar-refractivity contribution is 7.99. The van der Waals surface area contributed by atoms with E-state index in [-0.39, 0.29) is 23.6 Å². The lowest BCUT2D eigenvalue weighted by Crippen LogP contribution is -2.28. The zero-order valence-corrected chi connectivity index (χ0v) is 18.0. The highest BCUT2D eigenvalue weighted by Crippen LogP contribution is 2.22. The number of rotatable bonds is 8. The van der Waals surface area contributed by atoms with Crippen molar-refractivity contribution < 1.29 is 9.59 Å². The molecule has 10 heteroatoms. The Labute approximate surface area is 177 Å². The average Bonchev–Trinajstić information content (AvgIpc) is 3.32. The summed E-state index contributed by atoms with van der Waals surface area (Å²) < 4.78 is 1.90. The number of hydrogen-bond donors (Lipinski definition) is 2. The zero-order chi connectivity index (χ0) is 20.8. The molecule has 8 nitrogen and oxygen atoms in total. The first kappa shape index (κ1) is 21.0. The molecule has 0 aliphatic carbocycles. The minimum Gasteiger partial charge on any atom is -0.342 e. The van der Waals surface area contributed by atoms with Crippen LogP contribution < -0.4 is 10.6 Å². The molecule has 2 aromatic heterocycles. The Morgan fingerprint density at radius 2 is 2.00 bits per heavy atom. The maximum absolute atomic E-state index is 12.4. The van der Waals surface area contributed by atoms with Crippen LogP contribution in [-0.2, 0) is 11.3 Å². The second-order valence-electron chi connectivity index (χ2n) is 6.26. The van der Waals surface area contributed by atoms with E-state index in [9.17, 15) is 9.59 Å². The molecule has 2 amide bonds. The number of carbonyl (C=O) groups is 2. The van der Waals surface area contributed by atoms with Crippen molar-refractivity contribution in [2.45, 2.75) is 38.5 Å². The molecule has 1 atom stereocenters. The molecule has 0 radical (unpaired) electrons. The number of amides is 2. The number of nitrogens with zero attached hydrogens (tertiary/aromatic N) is 4. The molecule has 2 heterocycles. The lowest BCUT2D eigenvalue weighted by atomic mass is 10.2. The van der Waals surface area contributed by atoms with E-state index in [1.807, 2.05) is 43.5 Å². The number of hydrogen-bond acceptors (Lipinski definition) is 7. The molecule has 0 spiro atoms. The summed E-state index contributed by atoms with van der Waals surface area (Å²) in [5, 5.41) is 15.4. The van der Waals surface area contributed by atoms with Gasteiger partial charge in [0, 0.05) is 23.2 Å². The van der Waals surface area contributed by atoms with E-state index in [0.29, 0.717) is 28.2 Å². The maximum Gasteiger partial charge on any atom is 0.251 e. The second kappa shape index (κ2) is 9.66. The smallest absolute Gasteiger partial charge is 0.251 e. The molecule has 3 rings (SSSR count). The molecule has 0 fully saturated rings. The molecule has 29 heavy (non-hydrogen) atoms. The number of aromatic nitrogens is 4. The van der Waals surface area contributed by atoms with Crippen LogP contribution in [0.25, 0.3) is 0 Å². The summed E-state index contributed by atoms with van der Waals surface area (Å²) in [7, 11) is 0. The number of thioether (sulfide) groups is 1. The Balaban J connectivity index is 1.61. The summed E-state index contributed by atoms with van der Waals surface area (Å²) in [4.78, 5) is 29.7. The first-order chi connectivity index (χ1) is 14.0. The van der Waals surface area contributed by atoms with E-state index in [1.54, 1.807) is 18.3 Å². The minimum absolute atomic E-state index is 0.151. The van der Waals surface area contributed by atoms with E-state index >= 15 is 0 Å². The van der Waals surface area contributed by atoms with Gasteiger partial charge in [-0.1, -0.05) is 30.0 Å². The molecule has 0 bridgehead atoms. The number of thiazole rings is 1. The molecule has 1 aromatic carbocycles. The molecular formula is C19H22N6O2S2. The Bertz CT molecular complexity index is 986. The summed E-state index contributed by atoms with van der Waals surface area (Å²) in [6, 6.07) is 8.70. The summed E-state index contributed by atoms with van der Waals surface area (Å²) in [6.45, 7) is 6.40. The van der Waals surface area contributed by atoms with Gasteiger partial charge in [-0.2, -0.15) is 0 Å². The van der Waals surface area contributed by atoms with Gasteiger partial charge in [-0.3, -0.25) is 9.59 Å². The van der Waals surface area contributed by atoms with Crippen LogP contribution in [0.15, 0.2) is 41.7 Å².